The summed E-state index contributed by atoms with van der Waals surface area (Å²) < 4.78 is 15.1. The Kier molecular flexibility index (Phi) is 4.93. The lowest BCUT2D eigenvalue weighted by molar-refractivity contribution is 0.205. The molecule has 26 heavy (non-hydrogen) atoms. The fraction of sp³-hybridized carbons (Fsp3) is 0.300. The van der Waals surface area contributed by atoms with Gasteiger partial charge in [-0.15, -0.1) is 0 Å². The van der Waals surface area contributed by atoms with Gasteiger partial charge in [0.15, 0.2) is 0 Å². The van der Waals surface area contributed by atoms with E-state index in [-0.39, 0.29) is 5.82 Å². The molecule has 0 aliphatic carbocycles. The summed E-state index contributed by atoms with van der Waals surface area (Å²) in [5.74, 6) is 0.496. The van der Waals surface area contributed by atoms with Crippen molar-refractivity contribution < 1.29 is 4.39 Å². The first kappa shape index (κ1) is 16.7. The SMILES string of the molecule is Fc1ccc(NC2CCCN(Cc3cccn3-c3ncccn3)C2)cc1. The molecule has 1 N–H and O–H groups in total. The average molecular weight is 351 g/mol. The minimum absolute atomic E-state index is 0.204. The zero-order chi connectivity index (χ0) is 17.8. The van der Waals surface area contributed by atoms with Crippen LogP contribution in [0.5, 0.6) is 0 Å². The van der Waals surface area contributed by atoms with E-state index in [1.807, 2.05) is 22.9 Å². The lowest BCUT2D eigenvalue weighted by Crippen LogP contribution is -2.41. The molecule has 0 bridgehead atoms. The lowest BCUT2D eigenvalue weighted by atomic mass is 10.0. The second kappa shape index (κ2) is 7.66. The van der Waals surface area contributed by atoms with Gasteiger partial charge in [0.2, 0.25) is 5.95 Å². The molecule has 0 amide bonds. The number of nitrogens with zero attached hydrogens (tertiary/aromatic N) is 4. The van der Waals surface area contributed by atoms with Crippen LogP contribution in [0.15, 0.2) is 61.1 Å². The van der Waals surface area contributed by atoms with Crippen molar-refractivity contribution in [2.45, 2.75) is 25.4 Å². The van der Waals surface area contributed by atoms with Crippen LogP contribution in [0.3, 0.4) is 0 Å². The normalized spacial score (nSPS) is 18.0. The van der Waals surface area contributed by atoms with Gasteiger partial charge in [0, 0.05) is 49.1 Å². The smallest absolute Gasteiger partial charge is 0.233 e. The number of nitrogens with one attached hydrogen (secondary N) is 1. The molecular weight excluding hydrogens is 329 g/mol. The Morgan fingerprint density at radius 1 is 1.08 bits per heavy atom. The van der Waals surface area contributed by atoms with Gasteiger partial charge in [0.25, 0.3) is 0 Å². The van der Waals surface area contributed by atoms with E-state index >= 15 is 0 Å². The van der Waals surface area contributed by atoms with Crippen LogP contribution in [0, 0.1) is 5.82 Å². The third kappa shape index (κ3) is 3.91. The number of halogens is 1. The van der Waals surface area contributed by atoms with E-state index in [1.54, 1.807) is 24.5 Å². The molecule has 4 rings (SSSR count). The van der Waals surface area contributed by atoms with E-state index in [2.05, 4.69) is 26.3 Å². The minimum atomic E-state index is -0.204. The number of rotatable bonds is 5. The van der Waals surface area contributed by atoms with Crippen LogP contribution in [0.2, 0.25) is 0 Å². The van der Waals surface area contributed by atoms with Crippen LogP contribution in [-0.2, 0) is 6.54 Å². The van der Waals surface area contributed by atoms with Crippen LogP contribution >= 0.6 is 0 Å². The van der Waals surface area contributed by atoms with E-state index in [9.17, 15) is 4.39 Å². The highest BCUT2D eigenvalue weighted by atomic mass is 19.1. The van der Waals surface area contributed by atoms with Crippen LogP contribution < -0.4 is 5.32 Å². The maximum Gasteiger partial charge on any atom is 0.233 e. The average Bonchev–Trinajstić information content (AvgIpc) is 3.13. The van der Waals surface area contributed by atoms with Crippen LogP contribution in [0.4, 0.5) is 10.1 Å². The molecule has 2 aromatic heterocycles. The Bertz CT molecular complexity index is 831. The first-order chi connectivity index (χ1) is 12.8. The second-order valence-corrected chi connectivity index (χ2v) is 6.64. The Hall–Kier alpha value is -2.73. The van der Waals surface area contributed by atoms with Crippen molar-refractivity contribution in [2.75, 3.05) is 18.4 Å². The van der Waals surface area contributed by atoms with Gasteiger partial charge >= 0.3 is 0 Å². The molecule has 1 aliphatic heterocycles. The molecular formula is C20H22FN5. The zero-order valence-electron chi connectivity index (χ0n) is 14.6. The van der Waals surface area contributed by atoms with Gasteiger partial charge in [-0.3, -0.25) is 9.47 Å². The third-order valence-electron chi connectivity index (χ3n) is 4.71. The van der Waals surface area contributed by atoms with Crippen molar-refractivity contribution in [3.8, 4) is 5.95 Å². The number of aromatic nitrogens is 3. The van der Waals surface area contributed by atoms with Gasteiger partial charge in [-0.25, -0.2) is 14.4 Å². The quantitative estimate of drug-likeness (QED) is 0.764. The highest BCUT2D eigenvalue weighted by Crippen LogP contribution is 2.19. The Labute approximate surface area is 152 Å². The fourth-order valence-electron chi connectivity index (χ4n) is 3.48. The van der Waals surface area contributed by atoms with E-state index in [1.165, 1.54) is 17.8 Å². The molecule has 3 aromatic rings. The predicted molar refractivity (Wildman–Crippen MR) is 99.7 cm³/mol. The van der Waals surface area contributed by atoms with Crippen LogP contribution in [-0.4, -0.2) is 38.6 Å². The van der Waals surface area contributed by atoms with Gasteiger partial charge in [-0.1, -0.05) is 0 Å². The van der Waals surface area contributed by atoms with E-state index in [4.69, 9.17) is 0 Å². The van der Waals surface area contributed by atoms with Crippen LogP contribution in [0.1, 0.15) is 18.5 Å². The number of piperidine rings is 1. The van der Waals surface area contributed by atoms with Gasteiger partial charge in [-0.05, 0) is 61.9 Å². The summed E-state index contributed by atoms with van der Waals surface area (Å²) in [6.07, 6.45) is 7.78. The maximum absolute atomic E-state index is 13.1. The van der Waals surface area contributed by atoms with Crippen molar-refractivity contribution in [3.63, 3.8) is 0 Å². The maximum atomic E-state index is 13.1. The number of hydrogen-bond donors (Lipinski definition) is 1. The Balaban J connectivity index is 1.41. The molecule has 0 radical (unpaired) electrons. The monoisotopic (exact) mass is 351 g/mol. The highest BCUT2D eigenvalue weighted by molar-refractivity contribution is 5.44. The predicted octanol–water partition coefficient (Wildman–Crippen LogP) is 3.48. The van der Waals surface area contributed by atoms with Gasteiger partial charge in [0.05, 0.1) is 0 Å². The molecule has 134 valence electrons. The molecule has 1 aromatic carbocycles. The van der Waals surface area contributed by atoms with Crippen molar-refractivity contribution in [1.29, 1.82) is 0 Å². The van der Waals surface area contributed by atoms with Crippen molar-refractivity contribution in [2.24, 2.45) is 0 Å². The van der Waals surface area contributed by atoms with E-state index in [0.29, 0.717) is 12.0 Å². The topological polar surface area (TPSA) is 46.0 Å². The summed E-state index contributed by atoms with van der Waals surface area (Å²) in [5.41, 5.74) is 2.15. The summed E-state index contributed by atoms with van der Waals surface area (Å²) in [4.78, 5) is 11.1. The van der Waals surface area contributed by atoms with E-state index < -0.39 is 0 Å². The largest absolute Gasteiger partial charge is 0.381 e. The number of anilines is 1. The fourth-order valence-corrected chi connectivity index (χ4v) is 3.48. The molecule has 5 nitrogen and oxygen atoms in total. The molecule has 0 saturated carbocycles. The van der Waals surface area contributed by atoms with Crippen molar-refractivity contribution in [1.82, 2.24) is 19.4 Å². The van der Waals surface area contributed by atoms with E-state index in [0.717, 1.165) is 38.2 Å². The highest BCUT2D eigenvalue weighted by Gasteiger charge is 2.21. The van der Waals surface area contributed by atoms with Crippen molar-refractivity contribution >= 4 is 5.69 Å². The molecule has 1 aliphatic rings. The summed E-state index contributed by atoms with van der Waals surface area (Å²) in [5, 5.41) is 3.52. The Morgan fingerprint density at radius 2 is 1.88 bits per heavy atom. The molecule has 1 unspecified atom stereocenters. The zero-order valence-corrected chi connectivity index (χ0v) is 14.6. The van der Waals surface area contributed by atoms with Crippen LogP contribution in [0.25, 0.3) is 5.95 Å². The Morgan fingerprint density at radius 3 is 2.69 bits per heavy atom. The first-order valence-electron chi connectivity index (χ1n) is 8.96. The van der Waals surface area contributed by atoms with Gasteiger partial charge in [0.1, 0.15) is 5.82 Å². The molecule has 1 fully saturated rings. The molecule has 3 heterocycles. The summed E-state index contributed by atoms with van der Waals surface area (Å²) in [6.45, 7) is 2.88. The molecule has 1 atom stereocenters. The number of likely N-dealkylation sites (tertiary alicyclic amines) is 1. The standard InChI is InChI=1S/C20H22FN5/c21-16-6-8-17(9-7-16)24-18-4-1-12-25(14-18)15-19-5-2-13-26(19)20-22-10-3-11-23-20/h2-3,5-11,13,18,24H,1,4,12,14-15H2. The summed E-state index contributed by atoms with van der Waals surface area (Å²) >= 11 is 0. The number of benzene rings is 1. The third-order valence-corrected chi connectivity index (χ3v) is 4.71. The van der Waals surface area contributed by atoms with Gasteiger partial charge < -0.3 is 5.32 Å². The lowest BCUT2D eigenvalue weighted by Gasteiger charge is -2.33. The van der Waals surface area contributed by atoms with Crippen molar-refractivity contribution in [3.05, 3.63) is 72.6 Å². The second-order valence-electron chi connectivity index (χ2n) is 6.64. The summed E-state index contributed by atoms with van der Waals surface area (Å²) in [7, 11) is 0. The minimum Gasteiger partial charge on any atom is -0.381 e. The first-order valence-corrected chi connectivity index (χ1v) is 8.96. The summed E-state index contributed by atoms with van der Waals surface area (Å²) in [6, 6.07) is 12.9. The van der Waals surface area contributed by atoms with Gasteiger partial charge in [-0.2, -0.15) is 0 Å². The molecule has 0 spiro atoms. The number of hydrogen-bond acceptors (Lipinski definition) is 4. The molecule has 6 heteroatoms. The molecule has 1 saturated heterocycles.